The van der Waals surface area contributed by atoms with Gasteiger partial charge >= 0.3 is 0 Å². The monoisotopic (exact) mass is 210 g/mol. The van der Waals surface area contributed by atoms with E-state index in [2.05, 4.69) is 5.32 Å². The van der Waals surface area contributed by atoms with Crippen LogP contribution in [0.3, 0.4) is 0 Å². The van der Waals surface area contributed by atoms with Gasteiger partial charge in [0.2, 0.25) is 5.91 Å². The zero-order valence-corrected chi connectivity index (χ0v) is 8.85. The molecule has 1 amide bonds. The van der Waals surface area contributed by atoms with Gasteiger partial charge in [0.05, 0.1) is 17.9 Å². The number of amides is 1. The highest BCUT2D eigenvalue weighted by Gasteiger charge is 2.21. The Hall–Kier alpha value is -1.22. The number of carbonyl (C=O) groups excluding carboxylic acids is 1. The van der Waals surface area contributed by atoms with E-state index >= 15 is 0 Å². The Balaban J connectivity index is 2.59. The molecule has 2 rings (SSSR count). The van der Waals surface area contributed by atoms with Crippen LogP contribution in [0.5, 0.6) is 0 Å². The molecular formula is C10H11ClN2O. The van der Waals surface area contributed by atoms with Gasteiger partial charge < -0.3 is 10.2 Å². The van der Waals surface area contributed by atoms with Crippen LogP contribution in [0, 0.1) is 6.92 Å². The van der Waals surface area contributed by atoms with Crippen molar-refractivity contribution in [1.29, 1.82) is 0 Å². The SMILES string of the molecule is Cc1c(Cl)ccc2c1N(C)CC(=O)N2. The van der Waals surface area contributed by atoms with E-state index in [9.17, 15) is 4.79 Å². The fourth-order valence-electron chi connectivity index (χ4n) is 1.75. The number of carbonyl (C=O) groups is 1. The molecule has 1 heterocycles. The van der Waals surface area contributed by atoms with Crippen molar-refractivity contribution in [1.82, 2.24) is 0 Å². The van der Waals surface area contributed by atoms with Gasteiger partial charge in [-0.05, 0) is 24.6 Å². The van der Waals surface area contributed by atoms with E-state index in [1.165, 1.54) is 0 Å². The first-order chi connectivity index (χ1) is 6.59. The molecule has 0 fully saturated rings. The molecule has 0 aliphatic carbocycles. The Bertz CT molecular complexity index is 403. The van der Waals surface area contributed by atoms with E-state index in [-0.39, 0.29) is 5.91 Å². The van der Waals surface area contributed by atoms with Gasteiger partial charge in [-0.1, -0.05) is 11.6 Å². The zero-order valence-electron chi connectivity index (χ0n) is 8.10. The topological polar surface area (TPSA) is 32.3 Å². The summed E-state index contributed by atoms with van der Waals surface area (Å²) < 4.78 is 0. The minimum Gasteiger partial charge on any atom is -0.363 e. The second kappa shape index (κ2) is 3.17. The third-order valence-electron chi connectivity index (χ3n) is 2.40. The maximum Gasteiger partial charge on any atom is 0.243 e. The predicted molar refractivity (Wildman–Crippen MR) is 58.1 cm³/mol. The zero-order chi connectivity index (χ0) is 10.3. The number of hydrogen-bond donors (Lipinski definition) is 1. The molecule has 0 atom stereocenters. The number of hydrogen-bond acceptors (Lipinski definition) is 2. The predicted octanol–water partition coefficient (Wildman–Crippen LogP) is 2.04. The van der Waals surface area contributed by atoms with Crippen LogP contribution in [0.2, 0.25) is 5.02 Å². The first kappa shape index (κ1) is 9.34. The number of fused-ring (bicyclic) bond motifs is 1. The van der Waals surface area contributed by atoms with Gasteiger partial charge in [-0.25, -0.2) is 0 Å². The molecule has 74 valence electrons. The molecule has 0 unspecified atom stereocenters. The third kappa shape index (κ3) is 1.34. The number of nitrogens with one attached hydrogen (secondary N) is 1. The van der Waals surface area contributed by atoms with E-state index in [0.29, 0.717) is 6.54 Å². The number of rotatable bonds is 0. The lowest BCUT2D eigenvalue weighted by atomic mass is 10.1. The highest BCUT2D eigenvalue weighted by Crippen LogP contribution is 2.35. The third-order valence-corrected chi connectivity index (χ3v) is 2.81. The molecule has 0 saturated carbocycles. The van der Waals surface area contributed by atoms with Crippen LogP contribution in [0.4, 0.5) is 11.4 Å². The summed E-state index contributed by atoms with van der Waals surface area (Å²) >= 11 is 6.01. The van der Waals surface area contributed by atoms with Crippen LogP contribution < -0.4 is 10.2 Å². The van der Waals surface area contributed by atoms with E-state index in [1.54, 1.807) is 6.07 Å². The smallest absolute Gasteiger partial charge is 0.243 e. The van der Waals surface area contributed by atoms with Crippen LogP contribution in [0.15, 0.2) is 12.1 Å². The highest BCUT2D eigenvalue weighted by atomic mass is 35.5. The van der Waals surface area contributed by atoms with Crippen LogP contribution in [0.1, 0.15) is 5.56 Å². The highest BCUT2D eigenvalue weighted by molar-refractivity contribution is 6.32. The molecule has 0 bridgehead atoms. The van der Waals surface area contributed by atoms with Crippen molar-refractivity contribution in [2.24, 2.45) is 0 Å². The molecule has 4 heteroatoms. The molecule has 0 radical (unpaired) electrons. The quantitative estimate of drug-likeness (QED) is 0.711. The molecule has 0 saturated heterocycles. The molecule has 1 aliphatic rings. The van der Waals surface area contributed by atoms with Gasteiger partial charge in [0.25, 0.3) is 0 Å². The van der Waals surface area contributed by atoms with Crippen LogP contribution in [-0.4, -0.2) is 19.5 Å². The lowest BCUT2D eigenvalue weighted by Crippen LogP contribution is -2.35. The summed E-state index contributed by atoms with van der Waals surface area (Å²) in [5, 5.41) is 3.55. The number of nitrogens with zero attached hydrogens (tertiary/aromatic N) is 1. The molecule has 14 heavy (non-hydrogen) atoms. The Kier molecular flexibility index (Phi) is 2.11. The molecule has 1 aromatic rings. The first-order valence-electron chi connectivity index (χ1n) is 4.39. The van der Waals surface area contributed by atoms with Crippen LogP contribution in [-0.2, 0) is 4.79 Å². The number of likely N-dealkylation sites (N-methyl/N-ethyl adjacent to an activating group) is 1. The van der Waals surface area contributed by atoms with E-state index < -0.39 is 0 Å². The minimum atomic E-state index is 0.0155. The Morgan fingerprint density at radius 2 is 2.21 bits per heavy atom. The lowest BCUT2D eigenvalue weighted by molar-refractivity contribution is -0.115. The summed E-state index contributed by atoms with van der Waals surface area (Å²) in [6, 6.07) is 3.63. The molecule has 0 aromatic heterocycles. The fraction of sp³-hybridized carbons (Fsp3) is 0.300. The van der Waals surface area contributed by atoms with E-state index in [1.807, 2.05) is 24.9 Å². The standard InChI is InChI=1S/C10H11ClN2O/c1-6-7(11)3-4-8-10(6)13(2)5-9(14)12-8/h3-4H,5H2,1-2H3,(H,12,14). The second-order valence-corrected chi connectivity index (χ2v) is 3.88. The first-order valence-corrected chi connectivity index (χ1v) is 4.77. The minimum absolute atomic E-state index is 0.0155. The van der Waals surface area contributed by atoms with Crippen molar-refractivity contribution < 1.29 is 4.79 Å². The second-order valence-electron chi connectivity index (χ2n) is 3.47. The van der Waals surface area contributed by atoms with Gasteiger partial charge in [-0.15, -0.1) is 0 Å². The average Bonchev–Trinajstić information content (AvgIpc) is 2.10. The normalized spacial score (nSPS) is 15.1. The van der Waals surface area contributed by atoms with Crippen molar-refractivity contribution in [2.45, 2.75) is 6.92 Å². The van der Waals surface area contributed by atoms with Crippen molar-refractivity contribution in [2.75, 3.05) is 23.8 Å². The summed E-state index contributed by atoms with van der Waals surface area (Å²) in [5.74, 6) is 0.0155. The maximum atomic E-state index is 11.2. The lowest BCUT2D eigenvalue weighted by Gasteiger charge is -2.29. The summed E-state index contributed by atoms with van der Waals surface area (Å²) in [5.41, 5.74) is 2.86. The van der Waals surface area contributed by atoms with Crippen LogP contribution in [0.25, 0.3) is 0 Å². The number of benzene rings is 1. The van der Waals surface area contributed by atoms with Crippen LogP contribution >= 0.6 is 11.6 Å². The van der Waals surface area contributed by atoms with Gasteiger partial charge in [0.1, 0.15) is 0 Å². The summed E-state index contributed by atoms with van der Waals surface area (Å²) in [6.07, 6.45) is 0. The molecular weight excluding hydrogens is 200 g/mol. The Morgan fingerprint density at radius 3 is 2.93 bits per heavy atom. The number of halogens is 1. The van der Waals surface area contributed by atoms with Crippen molar-refractivity contribution in [3.63, 3.8) is 0 Å². The largest absolute Gasteiger partial charge is 0.363 e. The molecule has 3 nitrogen and oxygen atoms in total. The van der Waals surface area contributed by atoms with E-state index in [0.717, 1.165) is 22.0 Å². The van der Waals surface area contributed by atoms with Crippen molar-refractivity contribution in [3.8, 4) is 0 Å². The molecule has 1 N–H and O–H groups in total. The molecule has 1 aliphatic heterocycles. The summed E-state index contributed by atoms with van der Waals surface area (Å²) in [4.78, 5) is 13.2. The maximum absolute atomic E-state index is 11.2. The summed E-state index contributed by atoms with van der Waals surface area (Å²) in [7, 11) is 1.89. The molecule has 1 aromatic carbocycles. The van der Waals surface area contributed by atoms with Gasteiger partial charge in [0, 0.05) is 12.1 Å². The van der Waals surface area contributed by atoms with Gasteiger partial charge in [-0.2, -0.15) is 0 Å². The van der Waals surface area contributed by atoms with E-state index in [4.69, 9.17) is 11.6 Å². The van der Waals surface area contributed by atoms with Crippen molar-refractivity contribution in [3.05, 3.63) is 22.7 Å². The van der Waals surface area contributed by atoms with Crippen molar-refractivity contribution >= 4 is 28.9 Å². The Labute approximate surface area is 87.7 Å². The average molecular weight is 211 g/mol. The van der Waals surface area contributed by atoms with Gasteiger partial charge in [0.15, 0.2) is 0 Å². The Morgan fingerprint density at radius 1 is 1.50 bits per heavy atom. The summed E-state index contributed by atoms with van der Waals surface area (Å²) in [6.45, 7) is 2.34. The number of anilines is 2. The fourth-order valence-corrected chi connectivity index (χ4v) is 1.91. The molecule has 0 spiro atoms. The van der Waals surface area contributed by atoms with Gasteiger partial charge in [-0.3, -0.25) is 4.79 Å².